The Labute approximate surface area is 76.2 Å². The average molecular weight is 182 g/mol. The van der Waals surface area contributed by atoms with Crippen LogP contribution < -0.4 is 0 Å². The smallest absolute Gasteiger partial charge is 0.370 e. The van der Waals surface area contributed by atoms with Gasteiger partial charge in [-0.2, -0.15) is 4.58 Å². The van der Waals surface area contributed by atoms with Crippen molar-refractivity contribution in [1.82, 2.24) is 0 Å². The number of Topliss-reactive ketones (excluding diaryl/α,β-unsaturated/α-hetero) is 1. The number of carboxylic acid groups (broad SMARTS) is 1. The van der Waals surface area contributed by atoms with Crippen LogP contribution >= 0.6 is 0 Å². The summed E-state index contributed by atoms with van der Waals surface area (Å²) in [6.45, 7) is 1.42. The minimum atomic E-state index is -0.891. The zero-order valence-electron chi connectivity index (χ0n) is 7.49. The first-order valence-electron chi connectivity index (χ1n) is 4.12. The van der Waals surface area contributed by atoms with Gasteiger partial charge in [0.25, 0.3) is 0 Å². The quantitative estimate of drug-likeness (QED) is 0.643. The summed E-state index contributed by atoms with van der Waals surface area (Å²) in [6, 6.07) is 0. The second-order valence-corrected chi connectivity index (χ2v) is 3.00. The molecule has 0 fully saturated rings. The van der Waals surface area contributed by atoms with Crippen molar-refractivity contribution in [3.05, 3.63) is 11.8 Å². The number of carboxylic acids is 1. The summed E-state index contributed by atoms with van der Waals surface area (Å²) in [6.07, 6.45) is 4.85. The van der Waals surface area contributed by atoms with E-state index >= 15 is 0 Å². The fraction of sp³-hybridized carbons (Fsp3) is 0.444. The predicted octanol–water partition coefficient (Wildman–Crippen LogP) is 0.421. The van der Waals surface area contributed by atoms with E-state index in [2.05, 4.69) is 0 Å². The molecule has 0 spiro atoms. The summed E-state index contributed by atoms with van der Waals surface area (Å²) in [5, 5.41) is 8.51. The van der Waals surface area contributed by atoms with Crippen molar-refractivity contribution in [2.24, 2.45) is 0 Å². The van der Waals surface area contributed by atoms with E-state index in [1.807, 2.05) is 0 Å². The van der Waals surface area contributed by atoms with Gasteiger partial charge in [-0.25, -0.2) is 4.79 Å². The highest BCUT2D eigenvalue weighted by Gasteiger charge is 2.16. The molecule has 0 saturated heterocycles. The SMILES string of the molecule is CC(=O)C1=C[N+](CC(=O)O)=CCC1. The first kappa shape index (κ1) is 9.64. The molecule has 0 aromatic carbocycles. The predicted molar refractivity (Wildman–Crippen MR) is 46.8 cm³/mol. The van der Waals surface area contributed by atoms with Gasteiger partial charge in [0.05, 0.1) is 5.57 Å². The maximum atomic E-state index is 11.0. The Morgan fingerprint density at radius 2 is 2.31 bits per heavy atom. The second-order valence-electron chi connectivity index (χ2n) is 3.00. The molecule has 1 aliphatic heterocycles. The van der Waals surface area contributed by atoms with E-state index in [0.717, 1.165) is 6.42 Å². The molecule has 1 rings (SSSR count). The fourth-order valence-corrected chi connectivity index (χ4v) is 1.24. The number of aliphatic carboxylic acids is 1. The van der Waals surface area contributed by atoms with Gasteiger partial charge in [-0.1, -0.05) is 0 Å². The molecule has 1 N–H and O–H groups in total. The Morgan fingerprint density at radius 3 is 2.85 bits per heavy atom. The van der Waals surface area contributed by atoms with E-state index in [1.165, 1.54) is 6.92 Å². The summed E-state index contributed by atoms with van der Waals surface area (Å²) in [5.41, 5.74) is 0.698. The van der Waals surface area contributed by atoms with E-state index < -0.39 is 5.97 Å². The van der Waals surface area contributed by atoms with Crippen molar-refractivity contribution in [2.45, 2.75) is 19.8 Å². The Hall–Kier alpha value is -1.45. The van der Waals surface area contributed by atoms with E-state index in [-0.39, 0.29) is 12.3 Å². The molecule has 0 radical (unpaired) electrons. The molecule has 0 aliphatic carbocycles. The largest absolute Gasteiger partial charge is 0.477 e. The summed E-state index contributed by atoms with van der Waals surface area (Å²) in [7, 11) is 0. The minimum Gasteiger partial charge on any atom is -0.477 e. The number of carbonyl (C=O) groups is 2. The monoisotopic (exact) mass is 182 g/mol. The number of rotatable bonds is 3. The number of ketones is 1. The molecular formula is C9H12NO3+. The van der Waals surface area contributed by atoms with Gasteiger partial charge in [0, 0.05) is 6.42 Å². The number of hydrogen-bond donors (Lipinski definition) is 1. The highest BCUT2D eigenvalue weighted by atomic mass is 16.4. The summed E-state index contributed by atoms with van der Waals surface area (Å²) in [5.74, 6) is -0.874. The average Bonchev–Trinajstić information content (AvgIpc) is 2.03. The topological polar surface area (TPSA) is 57.4 Å². The molecule has 0 bridgehead atoms. The van der Waals surface area contributed by atoms with Crippen LogP contribution in [0.1, 0.15) is 19.8 Å². The van der Waals surface area contributed by atoms with E-state index in [0.29, 0.717) is 12.0 Å². The zero-order chi connectivity index (χ0) is 9.84. The standard InChI is InChI=1S/C9H11NO3/c1-7(11)8-3-2-4-10(5-8)6-9(12)13/h4-5H,2-3,6H2,1H3/p+1. The summed E-state index contributed by atoms with van der Waals surface area (Å²) in [4.78, 5) is 21.3. The third-order valence-corrected chi connectivity index (χ3v) is 1.87. The Morgan fingerprint density at radius 1 is 1.62 bits per heavy atom. The number of carbonyl (C=O) groups excluding carboxylic acids is 1. The maximum Gasteiger partial charge on any atom is 0.370 e. The van der Waals surface area contributed by atoms with E-state index in [4.69, 9.17) is 5.11 Å². The van der Waals surface area contributed by atoms with Crippen LogP contribution in [0.3, 0.4) is 0 Å². The molecule has 0 atom stereocenters. The van der Waals surface area contributed by atoms with Crippen molar-refractivity contribution in [3.63, 3.8) is 0 Å². The van der Waals surface area contributed by atoms with Crippen molar-refractivity contribution in [2.75, 3.05) is 6.54 Å². The van der Waals surface area contributed by atoms with Crippen LogP contribution in [0.5, 0.6) is 0 Å². The van der Waals surface area contributed by atoms with E-state index in [9.17, 15) is 9.59 Å². The second kappa shape index (κ2) is 3.98. The molecular weight excluding hydrogens is 170 g/mol. The van der Waals surface area contributed by atoms with Gasteiger partial charge in [-0.3, -0.25) is 4.79 Å². The highest BCUT2D eigenvalue weighted by Crippen LogP contribution is 2.09. The third kappa shape index (κ3) is 2.82. The molecule has 1 aliphatic rings. The number of hydrogen-bond acceptors (Lipinski definition) is 2. The minimum absolute atomic E-state index is 0.0171. The molecule has 0 aromatic rings. The van der Waals surface area contributed by atoms with Crippen LogP contribution in [0.15, 0.2) is 11.8 Å². The molecule has 4 heteroatoms. The Bertz CT molecular complexity index is 302. The number of allylic oxidation sites excluding steroid dienone is 1. The molecule has 13 heavy (non-hydrogen) atoms. The molecule has 0 aromatic heterocycles. The van der Waals surface area contributed by atoms with Gasteiger partial charge in [-0.05, 0) is 13.3 Å². The molecule has 1 heterocycles. The molecule has 0 unspecified atom stereocenters. The van der Waals surface area contributed by atoms with Crippen molar-refractivity contribution >= 4 is 18.0 Å². The molecule has 0 saturated carbocycles. The molecule has 4 nitrogen and oxygen atoms in total. The van der Waals surface area contributed by atoms with Crippen LogP contribution in [0, 0.1) is 0 Å². The first-order chi connectivity index (χ1) is 6.09. The van der Waals surface area contributed by atoms with Gasteiger partial charge in [0.1, 0.15) is 6.21 Å². The van der Waals surface area contributed by atoms with Gasteiger partial charge >= 0.3 is 5.97 Å². The summed E-state index contributed by atoms with van der Waals surface area (Å²) < 4.78 is 1.54. The van der Waals surface area contributed by atoms with Crippen LogP contribution in [-0.2, 0) is 9.59 Å². The van der Waals surface area contributed by atoms with Gasteiger partial charge < -0.3 is 5.11 Å². The van der Waals surface area contributed by atoms with E-state index in [1.54, 1.807) is 17.0 Å². The van der Waals surface area contributed by atoms with Crippen molar-refractivity contribution in [3.8, 4) is 0 Å². The van der Waals surface area contributed by atoms with Crippen LogP contribution in [0.25, 0.3) is 0 Å². The van der Waals surface area contributed by atoms with Crippen LogP contribution in [-0.4, -0.2) is 34.2 Å². The molecule has 70 valence electrons. The lowest BCUT2D eigenvalue weighted by Gasteiger charge is -2.04. The normalized spacial score (nSPS) is 16.1. The van der Waals surface area contributed by atoms with Gasteiger partial charge in [0.15, 0.2) is 12.0 Å². The van der Waals surface area contributed by atoms with Crippen molar-refractivity contribution < 1.29 is 19.3 Å². The lowest BCUT2D eigenvalue weighted by molar-refractivity contribution is -0.445. The third-order valence-electron chi connectivity index (χ3n) is 1.87. The van der Waals surface area contributed by atoms with Crippen LogP contribution in [0.4, 0.5) is 0 Å². The summed E-state index contributed by atoms with van der Waals surface area (Å²) >= 11 is 0. The lowest BCUT2D eigenvalue weighted by atomic mass is 10.1. The Balaban J connectivity index is 2.72. The fourth-order valence-electron chi connectivity index (χ4n) is 1.24. The lowest BCUT2D eigenvalue weighted by Crippen LogP contribution is -2.20. The van der Waals surface area contributed by atoms with Crippen molar-refractivity contribution in [1.29, 1.82) is 0 Å². The number of nitrogens with zero attached hydrogens (tertiary/aromatic N) is 1. The van der Waals surface area contributed by atoms with Gasteiger partial charge in [0.2, 0.25) is 6.54 Å². The van der Waals surface area contributed by atoms with Gasteiger partial charge in [-0.15, -0.1) is 0 Å². The zero-order valence-corrected chi connectivity index (χ0v) is 7.49. The molecule has 0 amide bonds. The highest BCUT2D eigenvalue weighted by molar-refractivity contribution is 5.93. The Kier molecular flexibility index (Phi) is 2.95. The maximum absolute atomic E-state index is 11.0. The first-order valence-corrected chi connectivity index (χ1v) is 4.12. The van der Waals surface area contributed by atoms with Crippen LogP contribution in [0.2, 0.25) is 0 Å².